The van der Waals surface area contributed by atoms with Gasteiger partial charge in [-0.2, -0.15) is 0 Å². The zero-order valence-corrected chi connectivity index (χ0v) is 14.8. The Balaban J connectivity index is 1.68. The highest BCUT2D eigenvalue weighted by Crippen LogP contribution is 2.23. The Hall–Kier alpha value is -2.08. The van der Waals surface area contributed by atoms with E-state index in [-0.39, 0.29) is 30.2 Å². The van der Waals surface area contributed by atoms with Crippen LogP contribution in [0.25, 0.3) is 11.0 Å². The smallest absolute Gasteiger partial charge is 0.228 e. The summed E-state index contributed by atoms with van der Waals surface area (Å²) in [7, 11) is 1.74. The molecule has 24 heavy (non-hydrogen) atoms. The molecule has 1 N–H and O–H groups in total. The first-order valence-corrected chi connectivity index (χ1v) is 8.41. The number of imidazole rings is 1. The second-order valence-electron chi connectivity index (χ2n) is 6.58. The third-order valence-corrected chi connectivity index (χ3v) is 4.62. The monoisotopic (exact) mass is 348 g/mol. The molecule has 1 saturated heterocycles. The summed E-state index contributed by atoms with van der Waals surface area (Å²) >= 11 is 5.97. The number of halogens is 1. The van der Waals surface area contributed by atoms with Crippen molar-refractivity contribution >= 4 is 34.4 Å². The fourth-order valence-corrected chi connectivity index (χ4v) is 3.29. The number of aromatic nitrogens is 2. The molecule has 6 nitrogen and oxygen atoms in total. The summed E-state index contributed by atoms with van der Waals surface area (Å²) in [5.74, 6) is 0.456. The average molecular weight is 349 g/mol. The van der Waals surface area contributed by atoms with Gasteiger partial charge in [0.25, 0.3) is 0 Å². The van der Waals surface area contributed by atoms with E-state index in [0.29, 0.717) is 23.9 Å². The molecule has 0 bridgehead atoms. The number of nitrogens with one attached hydrogen (secondary N) is 1. The number of benzene rings is 1. The van der Waals surface area contributed by atoms with Crippen LogP contribution in [0.15, 0.2) is 18.2 Å². The summed E-state index contributed by atoms with van der Waals surface area (Å²) in [6.07, 6.45) is 0.289. The highest BCUT2D eigenvalue weighted by Gasteiger charge is 2.36. The first-order chi connectivity index (χ1) is 11.3. The number of H-pyrrole nitrogens is 1. The van der Waals surface area contributed by atoms with E-state index in [0.717, 1.165) is 11.0 Å². The van der Waals surface area contributed by atoms with Crippen molar-refractivity contribution in [3.8, 4) is 0 Å². The van der Waals surface area contributed by atoms with Crippen molar-refractivity contribution in [1.29, 1.82) is 0 Å². The normalized spacial score (nSPS) is 18.0. The molecule has 1 aliphatic heterocycles. The van der Waals surface area contributed by atoms with Gasteiger partial charge >= 0.3 is 0 Å². The lowest BCUT2D eigenvalue weighted by Gasteiger charge is -2.22. The number of nitrogens with zero attached hydrogens (tertiary/aromatic N) is 3. The predicted molar refractivity (Wildman–Crippen MR) is 92.5 cm³/mol. The molecule has 2 aromatic rings. The van der Waals surface area contributed by atoms with Crippen LogP contribution in [0.3, 0.4) is 0 Å². The fraction of sp³-hybridized carbons (Fsp3) is 0.471. The summed E-state index contributed by atoms with van der Waals surface area (Å²) in [4.78, 5) is 35.6. The van der Waals surface area contributed by atoms with Gasteiger partial charge in [-0.1, -0.05) is 11.6 Å². The average Bonchev–Trinajstić information content (AvgIpc) is 3.08. The van der Waals surface area contributed by atoms with Gasteiger partial charge in [0.1, 0.15) is 5.82 Å². The largest absolute Gasteiger partial charge is 0.340 e. The number of amides is 2. The molecule has 0 unspecified atom stereocenters. The first-order valence-electron chi connectivity index (χ1n) is 8.03. The van der Waals surface area contributed by atoms with Crippen molar-refractivity contribution < 1.29 is 9.59 Å². The third kappa shape index (κ3) is 3.24. The Bertz CT molecular complexity index is 786. The lowest BCUT2D eigenvalue weighted by molar-refractivity contribution is -0.135. The van der Waals surface area contributed by atoms with E-state index in [1.165, 1.54) is 0 Å². The van der Waals surface area contributed by atoms with Crippen molar-refractivity contribution in [3.05, 3.63) is 29.0 Å². The van der Waals surface area contributed by atoms with Crippen LogP contribution in [-0.4, -0.2) is 51.2 Å². The van der Waals surface area contributed by atoms with E-state index in [9.17, 15) is 9.59 Å². The van der Waals surface area contributed by atoms with Gasteiger partial charge < -0.3 is 14.8 Å². The van der Waals surface area contributed by atoms with Crippen molar-refractivity contribution in [2.75, 3.05) is 13.6 Å². The topological polar surface area (TPSA) is 69.3 Å². The zero-order chi connectivity index (χ0) is 17.4. The maximum Gasteiger partial charge on any atom is 0.228 e. The highest BCUT2D eigenvalue weighted by molar-refractivity contribution is 6.31. The van der Waals surface area contributed by atoms with Gasteiger partial charge in [-0.15, -0.1) is 0 Å². The molecule has 7 heteroatoms. The molecule has 128 valence electrons. The SMILES string of the molecule is CC(C)N1C[C@@H](C(=O)N(C)Cc2nc3ccc(Cl)cc3[nH]2)CC1=O. The number of carbonyl (C=O) groups excluding carboxylic acids is 2. The Morgan fingerprint density at radius 1 is 1.50 bits per heavy atom. The quantitative estimate of drug-likeness (QED) is 0.922. The Labute approximate surface area is 145 Å². The number of fused-ring (bicyclic) bond motifs is 1. The summed E-state index contributed by atoms with van der Waals surface area (Å²) in [5.41, 5.74) is 1.66. The predicted octanol–water partition coefficient (Wildman–Crippen LogP) is 2.43. The molecule has 2 amide bonds. The van der Waals surface area contributed by atoms with Crippen LogP contribution in [0.2, 0.25) is 5.02 Å². The second kappa shape index (κ2) is 6.43. The van der Waals surface area contributed by atoms with Crippen LogP contribution in [0.5, 0.6) is 0 Å². The minimum Gasteiger partial charge on any atom is -0.340 e. The zero-order valence-electron chi connectivity index (χ0n) is 14.0. The first kappa shape index (κ1) is 16.8. The van der Waals surface area contributed by atoms with Crippen molar-refractivity contribution in [1.82, 2.24) is 19.8 Å². The molecule has 0 spiro atoms. The highest BCUT2D eigenvalue weighted by atomic mass is 35.5. The van der Waals surface area contributed by atoms with Gasteiger partial charge in [-0.3, -0.25) is 9.59 Å². The molecule has 1 aromatic heterocycles. The van der Waals surface area contributed by atoms with Crippen molar-refractivity contribution in [3.63, 3.8) is 0 Å². The van der Waals surface area contributed by atoms with Gasteiger partial charge in [-0.25, -0.2) is 4.98 Å². The Morgan fingerprint density at radius 2 is 2.25 bits per heavy atom. The van der Waals surface area contributed by atoms with Crippen LogP contribution in [0.4, 0.5) is 0 Å². The second-order valence-corrected chi connectivity index (χ2v) is 7.02. The van der Waals surface area contributed by atoms with Crippen LogP contribution in [0.1, 0.15) is 26.1 Å². The van der Waals surface area contributed by atoms with E-state index in [1.807, 2.05) is 26.0 Å². The fourth-order valence-electron chi connectivity index (χ4n) is 3.12. The minimum atomic E-state index is -0.274. The van der Waals surface area contributed by atoms with Crippen molar-refractivity contribution in [2.45, 2.75) is 32.9 Å². The number of rotatable bonds is 4. The third-order valence-electron chi connectivity index (χ3n) is 4.39. The molecule has 0 radical (unpaired) electrons. The van der Waals surface area contributed by atoms with Crippen LogP contribution >= 0.6 is 11.6 Å². The van der Waals surface area contributed by atoms with E-state index < -0.39 is 0 Å². The molecule has 1 aromatic carbocycles. The van der Waals surface area contributed by atoms with Crippen LogP contribution < -0.4 is 0 Å². The number of hydrogen-bond acceptors (Lipinski definition) is 3. The van der Waals surface area contributed by atoms with Gasteiger partial charge in [0.2, 0.25) is 11.8 Å². The van der Waals surface area contributed by atoms with E-state index in [2.05, 4.69) is 9.97 Å². The van der Waals surface area contributed by atoms with Gasteiger partial charge in [0.15, 0.2) is 0 Å². The van der Waals surface area contributed by atoms with E-state index in [4.69, 9.17) is 11.6 Å². The van der Waals surface area contributed by atoms with E-state index >= 15 is 0 Å². The molecule has 2 heterocycles. The molecule has 3 rings (SSSR count). The number of likely N-dealkylation sites (tertiary alicyclic amines) is 1. The minimum absolute atomic E-state index is 0.0232. The molecule has 1 atom stereocenters. The molecule has 0 saturated carbocycles. The molecule has 0 aliphatic carbocycles. The lowest BCUT2D eigenvalue weighted by atomic mass is 10.1. The lowest BCUT2D eigenvalue weighted by Crippen LogP contribution is -2.36. The Kier molecular flexibility index (Phi) is 4.49. The summed E-state index contributed by atoms with van der Waals surface area (Å²) < 4.78 is 0. The van der Waals surface area contributed by atoms with Gasteiger partial charge in [0.05, 0.1) is 23.5 Å². The van der Waals surface area contributed by atoms with E-state index in [1.54, 1.807) is 22.9 Å². The molecule has 1 aliphatic rings. The van der Waals surface area contributed by atoms with Crippen LogP contribution in [-0.2, 0) is 16.1 Å². The molecular formula is C17H21ClN4O2. The van der Waals surface area contributed by atoms with Gasteiger partial charge in [-0.05, 0) is 32.0 Å². The van der Waals surface area contributed by atoms with Crippen molar-refractivity contribution in [2.24, 2.45) is 5.92 Å². The maximum atomic E-state index is 12.6. The molecular weight excluding hydrogens is 328 g/mol. The number of aromatic amines is 1. The Morgan fingerprint density at radius 3 is 2.92 bits per heavy atom. The van der Waals surface area contributed by atoms with Crippen LogP contribution in [0, 0.1) is 5.92 Å². The molecule has 1 fully saturated rings. The maximum absolute atomic E-state index is 12.6. The van der Waals surface area contributed by atoms with Gasteiger partial charge in [0, 0.05) is 31.1 Å². The summed E-state index contributed by atoms with van der Waals surface area (Å²) in [6, 6.07) is 5.57. The summed E-state index contributed by atoms with van der Waals surface area (Å²) in [5, 5.41) is 0.639. The number of carbonyl (C=O) groups is 2. The summed E-state index contributed by atoms with van der Waals surface area (Å²) in [6.45, 7) is 4.80. The standard InChI is InChI=1S/C17H21ClN4O2/c1-10(2)22-8-11(6-16(22)23)17(24)21(3)9-15-19-13-5-4-12(18)7-14(13)20-15/h4-5,7,10-11H,6,8-9H2,1-3H3,(H,19,20)/t11-/m0/s1. The number of hydrogen-bond donors (Lipinski definition) is 1.